The van der Waals surface area contributed by atoms with Gasteiger partial charge < -0.3 is 14.9 Å². The largest absolute Gasteiger partial charge is 0.411 e. The van der Waals surface area contributed by atoms with E-state index in [0.717, 1.165) is 16.8 Å². The van der Waals surface area contributed by atoms with Crippen molar-refractivity contribution in [3.05, 3.63) is 77.7 Å². The van der Waals surface area contributed by atoms with Gasteiger partial charge in [0.25, 0.3) is 0 Å². The topological polar surface area (TPSA) is 99.0 Å². The highest BCUT2D eigenvalue weighted by Gasteiger charge is 2.13. The summed E-state index contributed by atoms with van der Waals surface area (Å²) in [4.78, 5) is 0. The van der Waals surface area contributed by atoms with E-state index in [2.05, 4.69) is 15.5 Å². The zero-order valence-corrected chi connectivity index (χ0v) is 13.3. The highest BCUT2D eigenvalue weighted by atomic mass is 16.5. The number of oxime groups is 2. The zero-order valence-electron chi connectivity index (χ0n) is 13.3. The number of hydrogen-bond donors (Lipinski definition) is 2. The van der Waals surface area contributed by atoms with Crippen LogP contribution in [-0.4, -0.2) is 28.0 Å². The molecule has 3 aromatic heterocycles. The summed E-state index contributed by atoms with van der Waals surface area (Å²) in [7, 11) is 0. The zero-order chi connectivity index (χ0) is 17.5. The predicted molar refractivity (Wildman–Crippen MR) is 86.7 cm³/mol. The van der Waals surface area contributed by atoms with Crippen molar-refractivity contribution in [2.45, 2.75) is 13.1 Å². The van der Waals surface area contributed by atoms with Gasteiger partial charge in [-0.2, -0.15) is 9.13 Å². The first-order chi connectivity index (χ1) is 12.3. The van der Waals surface area contributed by atoms with E-state index in [1.165, 1.54) is 12.4 Å². The molecule has 0 saturated heterocycles. The van der Waals surface area contributed by atoms with E-state index in [4.69, 9.17) is 14.9 Å². The van der Waals surface area contributed by atoms with Crippen molar-refractivity contribution in [1.82, 2.24) is 5.16 Å². The Balaban J connectivity index is 1.70. The van der Waals surface area contributed by atoms with Gasteiger partial charge in [0.15, 0.2) is 31.3 Å². The van der Waals surface area contributed by atoms with Crippen molar-refractivity contribution in [2.75, 3.05) is 0 Å². The highest BCUT2D eigenvalue weighted by molar-refractivity contribution is 5.78. The third-order valence-electron chi connectivity index (χ3n) is 3.47. The first-order valence-corrected chi connectivity index (χ1v) is 7.54. The monoisotopic (exact) mass is 339 g/mol. The van der Waals surface area contributed by atoms with Gasteiger partial charge in [0.05, 0.1) is 23.6 Å². The lowest BCUT2D eigenvalue weighted by atomic mass is 10.3. The molecule has 0 spiro atoms. The van der Waals surface area contributed by atoms with Gasteiger partial charge in [-0.1, -0.05) is 15.5 Å². The first-order valence-electron chi connectivity index (χ1n) is 7.54. The lowest BCUT2D eigenvalue weighted by Crippen LogP contribution is -2.34. The number of aromatic nitrogens is 3. The Bertz CT molecular complexity index is 833. The fourth-order valence-electron chi connectivity index (χ4n) is 2.44. The molecule has 126 valence electrons. The Kier molecular flexibility index (Phi) is 5.10. The first kappa shape index (κ1) is 16.3. The average molecular weight is 339 g/mol. The molecule has 8 nitrogen and oxygen atoms in total. The van der Waals surface area contributed by atoms with Crippen LogP contribution >= 0.6 is 0 Å². The van der Waals surface area contributed by atoms with Crippen LogP contribution < -0.4 is 9.13 Å². The number of hydrogen-bond acceptors (Lipinski definition) is 6. The van der Waals surface area contributed by atoms with Gasteiger partial charge in [-0.3, -0.25) is 0 Å². The quantitative estimate of drug-likeness (QED) is 0.302. The number of rotatable bonds is 6. The minimum Gasteiger partial charge on any atom is -0.411 e. The molecule has 0 atom stereocenters. The number of nitrogens with zero attached hydrogens (tertiary/aromatic N) is 5. The minimum absolute atomic E-state index is 0.516. The van der Waals surface area contributed by atoms with Crippen LogP contribution in [-0.2, 0) is 13.1 Å². The summed E-state index contributed by atoms with van der Waals surface area (Å²) in [6.07, 6.45) is 10.2. The second kappa shape index (κ2) is 7.82. The van der Waals surface area contributed by atoms with E-state index in [-0.39, 0.29) is 0 Å². The molecule has 0 aliphatic heterocycles. The van der Waals surface area contributed by atoms with E-state index < -0.39 is 0 Å². The van der Waals surface area contributed by atoms with Crippen molar-refractivity contribution >= 4 is 12.4 Å². The van der Waals surface area contributed by atoms with Gasteiger partial charge in [0.1, 0.15) is 5.69 Å². The van der Waals surface area contributed by atoms with Crippen molar-refractivity contribution in [1.29, 1.82) is 0 Å². The Morgan fingerprint density at radius 2 is 1.56 bits per heavy atom. The highest BCUT2D eigenvalue weighted by Crippen LogP contribution is 2.04. The third kappa shape index (κ3) is 4.47. The van der Waals surface area contributed by atoms with Crippen LogP contribution in [0.3, 0.4) is 0 Å². The average Bonchev–Trinajstić information content (AvgIpc) is 3.03. The molecule has 0 fully saturated rings. The summed E-state index contributed by atoms with van der Waals surface area (Å²) < 4.78 is 9.22. The molecule has 25 heavy (non-hydrogen) atoms. The van der Waals surface area contributed by atoms with Gasteiger partial charge in [-0.15, -0.1) is 0 Å². The van der Waals surface area contributed by atoms with Crippen molar-refractivity contribution in [3.8, 4) is 0 Å². The third-order valence-corrected chi connectivity index (χ3v) is 3.47. The van der Waals surface area contributed by atoms with Crippen LogP contribution in [0.4, 0.5) is 0 Å². The fraction of sp³-hybridized carbons (Fsp3) is 0.118. The molecule has 0 aromatic carbocycles. The lowest BCUT2D eigenvalue weighted by molar-refractivity contribution is -0.690. The van der Waals surface area contributed by atoms with E-state index >= 15 is 0 Å². The summed E-state index contributed by atoms with van der Waals surface area (Å²) in [6, 6.07) is 9.28. The second-order valence-electron chi connectivity index (χ2n) is 5.39. The van der Waals surface area contributed by atoms with E-state index in [1.807, 2.05) is 64.3 Å². The Labute approximate surface area is 143 Å². The fourth-order valence-corrected chi connectivity index (χ4v) is 2.44. The minimum atomic E-state index is 0.516. The number of pyridine rings is 2. The lowest BCUT2D eigenvalue weighted by Gasteiger charge is -1.94. The maximum absolute atomic E-state index is 8.61. The van der Waals surface area contributed by atoms with Crippen LogP contribution in [0.2, 0.25) is 0 Å². The maximum atomic E-state index is 8.61. The molecule has 0 unspecified atom stereocenters. The molecule has 0 aliphatic carbocycles. The Morgan fingerprint density at radius 1 is 0.960 bits per heavy atom. The summed E-state index contributed by atoms with van der Waals surface area (Å²) >= 11 is 0. The summed E-state index contributed by atoms with van der Waals surface area (Å²) in [6.45, 7) is 1.06. The molecular formula is C17H17N5O3+2. The molecule has 0 aliphatic rings. The van der Waals surface area contributed by atoms with Gasteiger partial charge in [-0.25, -0.2) is 0 Å². The van der Waals surface area contributed by atoms with Crippen LogP contribution in [0.15, 0.2) is 70.0 Å². The standard InChI is InChI=1S/C17H15N5O3/c23-18-8-14-3-1-5-21(10-14)12-16-7-17(25-20-16)13-22-6-2-4-15(11-22)9-19-24/h1-11H,12-13H2/p+2/b18-8+,19-9+. The molecule has 0 amide bonds. The van der Waals surface area contributed by atoms with Crippen molar-refractivity contribution in [3.63, 3.8) is 0 Å². The molecule has 2 N–H and O–H groups in total. The molecular weight excluding hydrogens is 322 g/mol. The molecule has 8 heteroatoms. The van der Waals surface area contributed by atoms with Crippen LogP contribution in [0.1, 0.15) is 22.6 Å². The van der Waals surface area contributed by atoms with E-state index in [0.29, 0.717) is 18.8 Å². The van der Waals surface area contributed by atoms with Crippen molar-refractivity contribution < 1.29 is 24.1 Å². The SMILES string of the molecule is O/N=C/c1ccc[n+](Cc2cc(C[n+]3cccc(/C=N/O)c3)on2)c1. The van der Waals surface area contributed by atoms with Crippen LogP contribution in [0.25, 0.3) is 0 Å². The van der Waals surface area contributed by atoms with Gasteiger partial charge in [0.2, 0.25) is 12.3 Å². The van der Waals surface area contributed by atoms with Crippen LogP contribution in [0, 0.1) is 0 Å². The van der Waals surface area contributed by atoms with Crippen molar-refractivity contribution in [2.24, 2.45) is 10.3 Å². The molecule has 0 saturated carbocycles. The summed E-state index contributed by atoms with van der Waals surface area (Å²) in [5, 5.41) is 27.3. The maximum Gasteiger partial charge on any atom is 0.208 e. The smallest absolute Gasteiger partial charge is 0.208 e. The van der Waals surface area contributed by atoms with Gasteiger partial charge in [-0.05, 0) is 12.1 Å². The molecule has 3 aromatic rings. The van der Waals surface area contributed by atoms with E-state index in [9.17, 15) is 0 Å². The predicted octanol–water partition coefficient (Wildman–Crippen LogP) is 0.962. The van der Waals surface area contributed by atoms with Gasteiger partial charge in [0, 0.05) is 18.2 Å². The molecule has 0 bridgehead atoms. The summed E-state index contributed by atoms with van der Waals surface area (Å²) in [5.74, 6) is 0.715. The molecule has 3 heterocycles. The second-order valence-corrected chi connectivity index (χ2v) is 5.39. The molecule has 3 rings (SSSR count). The summed E-state index contributed by atoms with van der Waals surface area (Å²) in [5.41, 5.74) is 2.35. The Morgan fingerprint density at radius 3 is 2.16 bits per heavy atom. The molecule has 0 radical (unpaired) electrons. The normalized spacial score (nSPS) is 11.5. The van der Waals surface area contributed by atoms with E-state index in [1.54, 1.807) is 0 Å². The van der Waals surface area contributed by atoms with Crippen LogP contribution in [0.5, 0.6) is 0 Å². The Hall–Kier alpha value is -3.55. The van der Waals surface area contributed by atoms with Gasteiger partial charge >= 0.3 is 0 Å².